The molecular formula is C21H27ClFN3O5. The number of halogens is 2. The highest BCUT2D eigenvalue weighted by molar-refractivity contribution is 6.29. The Bertz CT molecular complexity index is 867. The predicted octanol–water partition coefficient (Wildman–Crippen LogP) is 3.13. The largest absolute Gasteiger partial charge is 0.361 e. The summed E-state index contributed by atoms with van der Waals surface area (Å²) < 4.78 is 18.5. The van der Waals surface area contributed by atoms with E-state index in [4.69, 9.17) is 16.1 Å². The number of aryl methyl sites for hydroxylation is 1. The second kappa shape index (κ2) is 9.46. The number of hydrogen-bond acceptors (Lipinski definition) is 6. The van der Waals surface area contributed by atoms with E-state index in [1.807, 2.05) is 6.92 Å². The van der Waals surface area contributed by atoms with Crippen molar-refractivity contribution in [1.29, 1.82) is 0 Å². The first-order valence-electron chi connectivity index (χ1n) is 10.5. The van der Waals surface area contributed by atoms with Crippen LogP contribution >= 0.6 is 11.6 Å². The first-order chi connectivity index (χ1) is 14.6. The molecule has 2 aliphatic rings. The fourth-order valence-electron chi connectivity index (χ4n) is 3.93. The molecule has 0 radical (unpaired) electrons. The second-order valence-electron chi connectivity index (χ2n) is 8.94. The standard InChI is InChI=1S/C21H27ClFN3O5/c1-12-8-15(25-31-12)17(28)9-14(10-21(2)6-7-21)19(29)24-26(20(30)18(22)23)11-13-4-3-5-16(13)27/h8,13-14,18H,3-7,9-11H2,1-2H3,(H,24,29)/t13-,14-,18-/m0/s1. The van der Waals surface area contributed by atoms with Crippen molar-refractivity contribution >= 4 is 35.0 Å². The van der Waals surface area contributed by atoms with Gasteiger partial charge in [0.15, 0.2) is 5.78 Å². The molecule has 0 unspecified atom stereocenters. The normalized spacial score (nSPS) is 21.4. The average molecular weight is 456 g/mol. The highest BCUT2D eigenvalue weighted by Gasteiger charge is 2.42. The molecule has 1 aromatic heterocycles. The zero-order valence-electron chi connectivity index (χ0n) is 17.7. The molecule has 0 aromatic carbocycles. The molecular weight excluding hydrogens is 429 g/mol. The summed E-state index contributed by atoms with van der Waals surface area (Å²) in [6.07, 6.45) is 3.81. The quantitative estimate of drug-likeness (QED) is 0.348. The van der Waals surface area contributed by atoms with Crippen molar-refractivity contribution in [1.82, 2.24) is 15.6 Å². The van der Waals surface area contributed by atoms with Gasteiger partial charge in [-0.15, -0.1) is 0 Å². The van der Waals surface area contributed by atoms with Crippen LogP contribution in [0.5, 0.6) is 0 Å². The summed E-state index contributed by atoms with van der Waals surface area (Å²) in [5, 5.41) is 4.50. The van der Waals surface area contributed by atoms with Crippen LogP contribution in [0.25, 0.3) is 0 Å². The zero-order chi connectivity index (χ0) is 22.8. The van der Waals surface area contributed by atoms with Gasteiger partial charge in [-0.2, -0.15) is 0 Å². The number of carbonyl (C=O) groups is 4. The van der Waals surface area contributed by atoms with Gasteiger partial charge >= 0.3 is 0 Å². The number of hydrazine groups is 1. The summed E-state index contributed by atoms with van der Waals surface area (Å²) in [5.41, 5.74) is 0.147. The van der Waals surface area contributed by atoms with E-state index in [1.54, 1.807) is 6.92 Å². The Kier molecular flexibility index (Phi) is 7.13. The lowest BCUT2D eigenvalue weighted by Crippen LogP contribution is -2.52. The van der Waals surface area contributed by atoms with Crippen molar-refractivity contribution in [3.05, 3.63) is 17.5 Å². The van der Waals surface area contributed by atoms with Crippen LogP contribution in [-0.4, -0.2) is 45.7 Å². The van der Waals surface area contributed by atoms with Gasteiger partial charge in [-0.1, -0.05) is 23.7 Å². The van der Waals surface area contributed by atoms with Crippen LogP contribution in [0, 0.1) is 24.2 Å². The van der Waals surface area contributed by atoms with Crippen molar-refractivity contribution in [2.45, 2.75) is 64.4 Å². The third-order valence-electron chi connectivity index (χ3n) is 6.09. The lowest BCUT2D eigenvalue weighted by atomic mass is 9.88. The van der Waals surface area contributed by atoms with Crippen LogP contribution in [0.3, 0.4) is 0 Å². The Morgan fingerprint density at radius 2 is 2.13 bits per heavy atom. The van der Waals surface area contributed by atoms with Crippen LogP contribution in [0.2, 0.25) is 0 Å². The van der Waals surface area contributed by atoms with Crippen LogP contribution in [-0.2, 0) is 14.4 Å². The van der Waals surface area contributed by atoms with E-state index in [9.17, 15) is 23.6 Å². The number of hydrogen-bond donors (Lipinski definition) is 1. The smallest absolute Gasteiger partial charge is 0.291 e. The predicted molar refractivity (Wildman–Crippen MR) is 109 cm³/mol. The van der Waals surface area contributed by atoms with Crippen LogP contribution in [0.4, 0.5) is 4.39 Å². The minimum absolute atomic E-state index is 0.0318. The van der Waals surface area contributed by atoms with E-state index in [-0.39, 0.29) is 35.6 Å². The number of carbonyl (C=O) groups excluding carboxylic acids is 4. The number of rotatable bonds is 9. The fraction of sp³-hybridized carbons (Fsp3) is 0.667. The van der Waals surface area contributed by atoms with Gasteiger partial charge < -0.3 is 4.52 Å². The van der Waals surface area contributed by atoms with Gasteiger partial charge in [-0.25, -0.2) is 9.40 Å². The molecule has 2 saturated carbocycles. The highest BCUT2D eigenvalue weighted by atomic mass is 35.5. The molecule has 8 nitrogen and oxygen atoms in total. The van der Waals surface area contributed by atoms with Gasteiger partial charge in [-0.3, -0.25) is 24.6 Å². The van der Waals surface area contributed by atoms with Gasteiger partial charge in [0.25, 0.3) is 11.5 Å². The third kappa shape index (κ3) is 6.12. The number of alkyl halides is 2. The van der Waals surface area contributed by atoms with Crippen molar-refractivity contribution in [2.24, 2.45) is 17.3 Å². The van der Waals surface area contributed by atoms with Crippen molar-refractivity contribution in [3.8, 4) is 0 Å². The molecule has 170 valence electrons. The number of ketones is 2. The minimum Gasteiger partial charge on any atom is -0.361 e. The molecule has 0 saturated heterocycles. The Labute approximate surface area is 184 Å². The molecule has 2 aliphatic carbocycles. The van der Waals surface area contributed by atoms with Crippen LogP contribution in [0.1, 0.15) is 68.1 Å². The molecule has 1 heterocycles. The van der Waals surface area contributed by atoms with Gasteiger partial charge in [0.2, 0.25) is 5.91 Å². The Balaban J connectivity index is 1.73. The molecule has 2 amide bonds. The Morgan fingerprint density at radius 1 is 1.42 bits per heavy atom. The molecule has 2 fully saturated rings. The van der Waals surface area contributed by atoms with Crippen LogP contribution < -0.4 is 5.43 Å². The molecule has 3 atom stereocenters. The lowest BCUT2D eigenvalue weighted by Gasteiger charge is -2.28. The molecule has 1 N–H and O–H groups in total. The van der Waals surface area contributed by atoms with E-state index < -0.39 is 29.3 Å². The monoisotopic (exact) mass is 455 g/mol. The van der Waals surface area contributed by atoms with Gasteiger partial charge in [0, 0.05) is 30.7 Å². The van der Waals surface area contributed by atoms with E-state index in [2.05, 4.69) is 10.6 Å². The van der Waals surface area contributed by atoms with E-state index in [1.165, 1.54) is 6.07 Å². The number of Topliss-reactive ketones (excluding diaryl/α,β-unsaturated/α-hetero) is 2. The first-order valence-corrected chi connectivity index (χ1v) is 10.9. The summed E-state index contributed by atoms with van der Waals surface area (Å²) in [6, 6.07) is 1.50. The van der Waals surface area contributed by atoms with Gasteiger partial charge in [0.1, 0.15) is 17.2 Å². The van der Waals surface area contributed by atoms with Gasteiger partial charge in [0.05, 0.1) is 6.54 Å². The number of aromatic nitrogens is 1. The first kappa shape index (κ1) is 23.4. The Morgan fingerprint density at radius 3 is 2.65 bits per heavy atom. The van der Waals surface area contributed by atoms with E-state index in [0.29, 0.717) is 31.4 Å². The summed E-state index contributed by atoms with van der Waals surface area (Å²) in [4.78, 5) is 49.9. The average Bonchev–Trinajstić information content (AvgIpc) is 3.07. The highest BCUT2D eigenvalue weighted by Crippen LogP contribution is 2.50. The molecule has 31 heavy (non-hydrogen) atoms. The van der Waals surface area contributed by atoms with E-state index >= 15 is 0 Å². The molecule has 0 aliphatic heterocycles. The maximum Gasteiger partial charge on any atom is 0.291 e. The maximum atomic E-state index is 13.5. The maximum absolute atomic E-state index is 13.5. The number of nitrogens with zero attached hydrogens (tertiary/aromatic N) is 2. The van der Waals surface area contributed by atoms with Crippen molar-refractivity contribution in [3.63, 3.8) is 0 Å². The zero-order valence-corrected chi connectivity index (χ0v) is 18.4. The SMILES string of the molecule is Cc1cc(C(=O)C[C@@H](CC2(C)CC2)C(=O)NN(C[C@@H]2CCCC2=O)C(=O)[C@H](F)Cl)no1. The van der Waals surface area contributed by atoms with Crippen molar-refractivity contribution < 1.29 is 28.1 Å². The fourth-order valence-corrected chi connectivity index (χ4v) is 4.05. The summed E-state index contributed by atoms with van der Waals surface area (Å²) >= 11 is 5.32. The topological polar surface area (TPSA) is 110 Å². The summed E-state index contributed by atoms with van der Waals surface area (Å²) in [7, 11) is 0. The molecule has 10 heteroatoms. The summed E-state index contributed by atoms with van der Waals surface area (Å²) in [5.74, 6) is -2.85. The lowest BCUT2D eigenvalue weighted by molar-refractivity contribution is -0.146. The molecule has 0 bridgehead atoms. The number of nitrogens with one attached hydrogen (secondary N) is 1. The molecule has 0 spiro atoms. The van der Waals surface area contributed by atoms with Crippen molar-refractivity contribution in [2.75, 3.05) is 6.54 Å². The second-order valence-corrected chi connectivity index (χ2v) is 9.33. The summed E-state index contributed by atoms with van der Waals surface area (Å²) in [6.45, 7) is 3.54. The Hall–Kier alpha value is -2.29. The van der Waals surface area contributed by atoms with Crippen LogP contribution in [0.15, 0.2) is 10.6 Å². The third-order valence-corrected chi connectivity index (χ3v) is 6.28. The van der Waals surface area contributed by atoms with E-state index in [0.717, 1.165) is 17.9 Å². The van der Waals surface area contributed by atoms with Gasteiger partial charge in [-0.05, 0) is 44.4 Å². The molecule has 3 rings (SSSR count). The minimum atomic E-state index is -2.35. The number of amides is 2. The molecule has 1 aromatic rings.